The molecule has 1 aromatic carbocycles. The maximum atomic E-state index is 13.3. The van der Waals surface area contributed by atoms with Crippen molar-refractivity contribution >= 4 is 17.0 Å². The lowest BCUT2D eigenvalue weighted by atomic mass is 10.0. The van der Waals surface area contributed by atoms with E-state index in [1.165, 1.54) is 18.6 Å². The molecule has 0 aliphatic carbocycles. The van der Waals surface area contributed by atoms with Crippen molar-refractivity contribution in [2.24, 2.45) is 0 Å². The van der Waals surface area contributed by atoms with Crippen LogP contribution in [0.4, 0.5) is 10.3 Å². The lowest BCUT2D eigenvalue weighted by molar-refractivity contribution is 0.189. The number of hydrogen-bond donors (Lipinski definition) is 1. The van der Waals surface area contributed by atoms with Crippen LogP contribution in [0.15, 0.2) is 18.2 Å². The van der Waals surface area contributed by atoms with Crippen molar-refractivity contribution in [2.75, 3.05) is 25.4 Å². The van der Waals surface area contributed by atoms with Gasteiger partial charge in [-0.3, -0.25) is 0 Å². The highest BCUT2D eigenvalue weighted by molar-refractivity contribution is 5.78. The van der Waals surface area contributed by atoms with Gasteiger partial charge < -0.3 is 15.2 Å². The minimum atomic E-state index is -0.264. The van der Waals surface area contributed by atoms with Crippen LogP contribution < -0.4 is 5.73 Å². The van der Waals surface area contributed by atoms with Crippen LogP contribution in [0, 0.1) is 5.82 Å². The van der Waals surface area contributed by atoms with Gasteiger partial charge in [-0.05, 0) is 37.9 Å². The molecule has 0 amide bonds. The van der Waals surface area contributed by atoms with Crippen molar-refractivity contribution in [1.82, 2.24) is 14.5 Å². The highest BCUT2D eigenvalue weighted by Crippen LogP contribution is 2.30. The Hall–Kier alpha value is -1.62. The number of nitrogens with two attached hydrogens (primary N) is 1. The summed E-state index contributed by atoms with van der Waals surface area (Å²) in [5.74, 6) is 0.236. The van der Waals surface area contributed by atoms with E-state index in [9.17, 15) is 4.39 Å². The summed E-state index contributed by atoms with van der Waals surface area (Å²) < 4.78 is 15.3. The first-order chi connectivity index (χ1) is 9.69. The summed E-state index contributed by atoms with van der Waals surface area (Å²) in [6.07, 6.45) is 3.35. The van der Waals surface area contributed by atoms with Crippen molar-refractivity contribution < 1.29 is 4.39 Å². The van der Waals surface area contributed by atoms with Crippen LogP contribution in [-0.4, -0.2) is 34.1 Å². The monoisotopic (exact) mass is 276 g/mol. The van der Waals surface area contributed by atoms with Gasteiger partial charge in [-0.1, -0.05) is 6.92 Å². The average molecular weight is 276 g/mol. The third-order valence-electron chi connectivity index (χ3n) is 4.14. The van der Waals surface area contributed by atoms with Crippen LogP contribution in [0.25, 0.3) is 11.0 Å². The second-order valence-electron chi connectivity index (χ2n) is 5.55. The van der Waals surface area contributed by atoms with Gasteiger partial charge in [0.15, 0.2) is 0 Å². The first kappa shape index (κ1) is 13.4. The molecule has 1 aliphatic rings. The highest BCUT2D eigenvalue weighted by atomic mass is 19.1. The lowest BCUT2D eigenvalue weighted by Gasteiger charge is -2.33. The first-order valence-electron chi connectivity index (χ1n) is 7.34. The number of piperidine rings is 1. The van der Waals surface area contributed by atoms with E-state index in [1.54, 1.807) is 6.07 Å². The normalized spacial score (nSPS) is 17.9. The van der Waals surface area contributed by atoms with Crippen LogP contribution in [0.2, 0.25) is 0 Å². The minimum absolute atomic E-state index is 0.264. The zero-order chi connectivity index (χ0) is 14.1. The molecule has 5 heteroatoms. The Bertz CT molecular complexity index is 599. The molecule has 0 radical (unpaired) electrons. The van der Waals surface area contributed by atoms with E-state index >= 15 is 0 Å². The predicted molar refractivity (Wildman–Crippen MR) is 79.1 cm³/mol. The van der Waals surface area contributed by atoms with Crippen molar-refractivity contribution in [3.8, 4) is 0 Å². The lowest BCUT2D eigenvalue weighted by Crippen LogP contribution is -2.35. The molecule has 108 valence electrons. The molecule has 0 saturated carbocycles. The van der Waals surface area contributed by atoms with Gasteiger partial charge in [-0.2, -0.15) is 0 Å². The van der Waals surface area contributed by atoms with Crippen molar-refractivity contribution in [3.05, 3.63) is 24.0 Å². The number of nitrogen functional groups attached to an aromatic ring is 1. The Morgan fingerprint density at radius 1 is 1.35 bits per heavy atom. The number of aromatic nitrogens is 2. The van der Waals surface area contributed by atoms with E-state index in [4.69, 9.17) is 5.73 Å². The third-order valence-corrected chi connectivity index (χ3v) is 4.14. The van der Waals surface area contributed by atoms with Gasteiger partial charge in [-0.15, -0.1) is 0 Å². The molecule has 1 fully saturated rings. The molecule has 0 bridgehead atoms. The average Bonchev–Trinajstić information content (AvgIpc) is 2.75. The van der Waals surface area contributed by atoms with Crippen molar-refractivity contribution in [2.45, 2.75) is 32.2 Å². The zero-order valence-corrected chi connectivity index (χ0v) is 11.8. The molecule has 0 spiro atoms. The first-order valence-corrected chi connectivity index (χ1v) is 7.34. The number of likely N-dealkylation sites (tertiary alicyclic amines) is 1. The molecule has 2 heterocycles. The van der Waals surface area contributed by atoms with Crippen LogP contribution in [0.3, 0.4) is 0 Å². The summed E-state index contributed by atoms with van der Waals surface area (Å²) in [6, 6.07) is 5.09. The molecule has 2 aromatic rings. The Morgan fingerprint density at radius 3 is 2.80 bits per heavy atom. The fraction of sp³-hybridized carbons (Fsp3) is 0.533. The summed E-state index contributed by atoms with van der Waals surface area (Å²) in [5.41, 5.74) is 7.64. The zero-order valence-electron chi connectivity index (χ0n) is 11.8. The number of anilines is 1. The molecule has 0 unspecified atom stereocenters. The van der Waals surface area contributed by atoms with Gasteiger partial charge >= 0.3 is 0 Å². The molecule has 2 N–H and O–H groups in total. The van der Waals surface area contributed by atoms with E-state index < -0.39 is 0 Å². The number of hydrogen-bond acceptors (Lipinski definition) is 3. The number of fused-ring (bicyclic) bond motifs is 1. The van der Waals surface area contributed by atoms with Gasteiger partial charge in [0.2, 0.25) is 5.95 Å². The van der Waals surface area contributed by atoms with Crippen LogP contribution in [0.1, 0.15) is 32.2 Å². The van der Waals surface area contributed by atoms with Gasteiger partial charge in [0.1, 0.15) is 5.82 Å². The molecule has 4 nitrogen and oxygen atoms in total. The number of imidazole rings is 1. The predicted octanol–water partition coefficient (Wildman–Crippen LogP) is 2.80. The van der Waals surface area contributed by atoms with Crippen molar-refractivity contribution in [3.63, 3.8) is 0 Å². The molecular formula is C15H21FN4. The summed E-state index contributed by atoms with van der Waals surface area (Å²) in [6.45, 7) is 5.57. The molecule has 1 saturated heterocycles. The van der Waals surface area contributed by atoms with E-state index in [0.29, 0.717) is 17.5 Å². The van der Waals surface area contributed by atoms with E-state index in [0.717, 1.165) is 38.0 Å². The SMILES string of the molecule is CCCN1CCC(n2c(N)nc3cc(F)ccc32)CC1. The van der Waals surface area contributed by atoms with Crippen LogP contribution >= 0.6 is 0 Å². The van der Waals surface area contributed by atoms with Crippen molar-refractivity contribution in [1.29, 1.82) is 0 Å². The molecular weight excluding hydrogens is 255 g/mol. The molecule has 20 heavy (non-hydrogen) atoms. The molecule has 1 aromatic heterocycles. The van der Waals surface area contributed by atoms with Crippen LogP contribution in [-0.2, 0) is 0 Å². The van der Waals surface area contributed by atoms with Crippen LogP contribution in [0.5, 0.6) is 0 Å². The standard InChI is InChI=1S/C15H21FN4/c1-2-7-19-8-5-12(6-9-19)20-14-4-3-11(16)10-13(14)18-15(20)17/h3-4,10,12H,2,5-9H2,1H3,(H2,17,18). The van der Waals surface area contributed by atoms with Gasteiger partial charge in [0, 0.05) is 25.2 Å². The largest absolute Gasteiger partial charge is 0.369 e. The van der Waals surface area contributed by atoms with E-state index in [2.05, 4.69) is 21.4 Å². The van der Waals surface area contributed by atoms with Gasteiger partial charge in [0.05, 0.1) is 11.0 Å². The smallest absolute Gasteiger partial charge is 0.201 e. The van der Waals surface area contributed by atoms with Gasteiger partial charge in [-0.25, -0.2) is 9.37 Å². The Morgan fingerprint density at radius 2 is 2.10 bits per heavy atom. The Balaban J connectivity index is 1.86. The summed E-state index contributed by atoms with van der Waals surface area (Å²) >= 11 is 0. The number of halogens is 1. The minimum Gasteiger partial charge on any atom is -0.369 e. The van der Waals surface area contributed by atoms with E-state index in [1.807, 2.05) is 0 Å². The highest BCUT2D eigenvalue weighted by Gasteiger charge is 2.23. The Labute approximate surface area is 118 Å². The third kappa shape index (κ3) is 2.38. The summed E-state index contributed by atoms with van der Waals surface area (Å²) in [7, 11) is 0. The second-order valence-corrected chi connectivity index (χ2v) is 5.55. The second kappa shape index (κ2) is 5.40. The fourth-order valence-electron chi connectivity index (χ4n) is 3.19. The summed E-state index contributed by atoms with van der Waals surface area (Å²) in [5, 5.41) is 0. The Kier molecular flexibility index (Phi) is 3.61. The molecule has 3 rings (SSSR count). The number of benzene rings is 1. The van der Waals surface area contributed by atoms with Gasteiger partial charge in [0.25, 0.3) is 0 Å². The molecule has 1 aliphatic heterocycles. The topological polar surface area (TPSA) is 47.1 Å². The maximum Gasteiger partial charge on any atom is 0.201 e. The molecule has 0 atom stereocenters. The quantitative estimate of drug-likeness (QED) is 0.937. The number of nitrogens with zero attached hydrogens (tertiary/aromatic N) is 3. The maximum absolute atomic E-state index is 13.3. The fourth-order valence-corrected chi connectivity index (χ4v) is 3.19. The summed E-state index contributed by atoms with van der Waals surface area (Å²) in [4.78, 5) is 6.78. The van der Waals surface area contributed by atoms with E-state index in [-0.39, 0.29) is 5.82 Å². The number of rotatable bonds is 3.